The molecule has 3 rings (SSSR count). The first-order valence-corrected chi connectivity index (χ1v) is 15.0. The first kappa shape index (κ1) is 26.5. The van der Waals surface area contributed by atoms with Crippen LogP contribution in [0, 0.1) is 30.5 Å². The number of anilines is 1. The zero-order chi connectivity index (χ0) is 25.1. The molecule has 0 radical (unpaired) electrons. The summed E-state index contributed by atoms with van der Waals surface area (Å²) in [5.74, 6) is 0.702. The van der Waals surface area contributed by atoms with Gasteiger partial charge >= 0.3 is 0 Å². The molecular weight excluding hydrogens is 472 g/mol. The minimum absolute atomic E-state index is 0.00312. The summed E-state index contributed by atoms with van der Waals surface area (Å²) in [5.41, 5.74) is 2.53. The first-order valence-electron chi connectivity index (χ1n) is 11.6. The van der Waals surface area contributed by atoms with Crippen LogP contribution in [0.1, 0.15) is 37.8 Å². The Labute approximate surface area is 204 Å². The van der Waals surface area contributed by atoms with Gasteiger partial charge in [0.2, 0.25) is 0 Å². The Morgan fingerprint density at radius 3 is 2.35 bits per heavy atom. The van der Waals surface area contributed by atoms with Crippen LogP contribution < -0.4 is 9.04 Å². The van der Waals surface area contributed by atoms with Crippen molar-refractivity contribution in [3.63, 3.8) is 0 Å². The van der Waals surface area contributed by atoms with Gasteiger partial charge in [-0.05, 0) is 68.4 Å². The highest BCUT2D eigenvalue weighted by Crippen LogP contribution is 2.33. The highest BCUT2D eigenvalue weighted by atomic mass is 32.2. The number of nitrogens with zero attached hydrogens (tertiary/aromatic N) is 1. The van der Waals surface area contributed by atoms with Gasteiger partial charge in [-0.3, -0.25) is 4.31 Å². The third-order valence-electron chi connectivity index (χ3n) is 5.89. The second kappa shape index (κ2) is 10.7. The van der Waals surface area contributed by atoms with Crippen LogP contribution in [0.4, 0.5) is 5.69 Å². The Balaban J connectivity index is 2.01. The number of ether oxygens (including phenoxy) is 2. The smallest absolute Gasteiger partial charge is 0.264 e. The number of aryl methyl sites for hydroxylation is 2. The highest BCUT2D eigenvalue weighted by molar-refractivity contribution is 7.93. The summed E-state index contributed by atoms with van der Waals surface area (Å²) >= 11 is 0. The molecule has 0 saturated carbocycles. The third-order valence-corrected chi connectivity index (χ3v) is 8.82. The van der Waals surface area contributed by atoms with E-state index >= 15 is 0 Å². The molecule has 0 amide bonds. The zero-order valence-electron chi connectivity index (χ0n) is 20.7. The van der Waals surface area contributed by atoms with Gasteiger partial charge in [0, 0.05) is 26.0 Å². The van der Waals surface area contributed by atoms with Crippen molar-refractivity contribution in [1.82, 2.24) is 0 Å². The van der Waals surface area contributed by atoms with Gasteiger partial charge in [0.15, 0.2) is 0 Å². The molecule has 34 heavy (non-hydrogen) atoms. The molecule has 1 N–H and O–H groups in total. The monoisotopic (exact) mass is 508 g/mol. The van der Waals surface area contributed by atoms with Crippen molar-refractivity contribution < 1.29 is 22.1 Å². The van der Waals surface area contributed by atoms with E-state index in [0.29, 0.717) is 43.7 Å². The second-order valence-corrected chi connectivity index (χ2v) is 13.5. The molecule has 2 aromatic carbocycles. The molecule has 9 heteroatoms. The van der Waals surface area contributed by atoms with E-state index in [-0.39, 0.29) is 15.7 Å². The van der Waals surface area contributed by atoms with Crippen LogP contribution in [-0.4, -0.2) is 45.2 Å². The quantitative estimate of drug-likeness (QED) is 0.514. The van der Waals surface area contributed by atoms with Crippen molar-refractivity contribution in [1.29, 1.82) is 4.78 Å². The van der Waals surface area contributed by atoms with Gasteiger partial charge in [0.1, 0.15) is 5.75 Å². The summed E-state index contributed by atoms with van der Waals surface area (Å²) in [6.07, 6.45) is 3.05. The standard InChI is InChI=1S/C25H36N2O5S2/c1-18(2)16-27(23-8-6-19(3)14-20(23)4)34(29,30)22-7-9-24(25(15-22)33(5,26)28)32-17-21-10-12-31-13-11-21/h6-9,14-15,18,21,26H,10-13,16-17H2,1-5H3. The predicted molar refractivity (Wildman–Crippen MR) is 136 cm³/mol. The molecule has 0 spiro atoms. The van der Waals surface area contributed by atoms with E-state index in [4.69, 9.17) is 14.3 Å². The van der Waals surface area contributed by atoms with E-state index in [0.717, 1.165) is 24.0 Å². The normalized spacial score (nSPS) is 16.9. The summed E-state index contributed by atoms with van der Waals surface area (Å²) in [7, 11) is -7.20. The van der Waals surface area contributed by atoms with Crippen LogP contribution in [0.15, 0.2) is 46.2 Å². The molecule has 0 aliphatic carbocycles. The van der Waals surface area contributed by atoms with Gasteiger partial charge in [0.05, 0.1) is 31.8 Å². The average Bonchev–Trinajstić information content (AvgIpc) is 2.76. The van der Waals surface area contributed by atoms with Crippen LogP contribution in [-0.2, 0) is 24.5 Å². The fourth-order valence-corrected chi connectivity index (χ4v) is 6.72. The van der Waals surface area contributed by atoms with E-state index in [1.54, 1.807) is 0 Å². The Morgan fingerprint density at radius 1 is 1.09 bits per heavy atom. The van der Waals surface area contributed by atoms with E-state index < -0.39 is 19.8 Å². The minimum atomic E-state index is -3.97. The average molecular weight is 509 g/mol. The van der Waals surface area contributed by atoms with Crippen molar-refractivity contribution in [3.05, 3.63) is 47.5 Å². The SMILES string of the molecule is Cc1ccc(N(CC(C)C)S(=O)(=O)c2ccc(OCC3CCOCC3)c(S(C)(=N)=O)c2)c(C)c1. The summed E-state index contributed by atoms with van der Waals surface area (Å²) in [5, 5.41) is 0. The molecule has 1 fully saturated rings. The number of benzene rings is 2. The van der Waals surface area contributed by atoms with Crippen molar-refractivity contribution in [2.24, 2.45) is 11.8 Å². The first-order chi connectivity index (χ1) is 15.9. The van der Waals surface area contributed by atoms with Crippen LogP contribution in [0.3, 0.4) is 0 Å². The summed E-state index contributed by atoms with van der Waals surface area (Å²) < 4.78 is 61.4. The third kappa shape index (κ3) is 6.31. The van der Waals surface area contributed by atoms with Crippen LogP contribution in [0.2, 0.25) is 0 Å². The van der Waals surface area contributed by atoms with Crippen LogP contribution >= 0.6 is 0 Å². The predicted octanol–water partition coefficient (Wildman–Crippen LogP) is 5.00. The van der Waals surface area contributed by atoms with Gasteiger partial charge in [-0.25, -0.2) is 17.4 Å². The lowest BCUT2D eigenvalue weighted by molar-refractivity contribution is 0.0493. The molecule has 1 atom stereocenters. The summed E-state index contributed by atoms with van der Waals surface area (Å²) in [6, 6.07) is 10.0. The van der Waals surface area contributed by atoms with Gasteiger partial charge in [-0.15, -0.1) is 0 Å². The molecule has 188 valence electrons. The van der Waals surface area contributed by atoms with Crippen molar-refractivity contribution in [2.45, 2.75) is 50.3 Å². The molecular formula is C25H36N2O5S2. The minimum Gasteiger partial charge on any atom is -0.492 e. The molecule has 1 aliphatic rings. The Hall–Kier alpha value is -2.10. The van der Waals surface area contributed by atoms with E-state index in [2.05, 4.69) is 0 Å². The topological polar surface area (TPSA) is 96.8 Å². The summed E-state index contributed by atoms with van der Waals surface area (Å²) in [6.45, 7) is 9.88. The van der Waals surface area contributed by atoms with Crippen LogP contribution in [0.25, 0.3) is 0 Å². The van der Waals surface area contributed by atoms with Gasteiger partial charge in [-0.1, -0.05) is 31.5 Å². The second-order valence-electron chi connectivity index (χ2n) is 9.54. The fourth-order valence-electron chi connectivity index (χ4n) is 4.06. The zero-order valence-corrected chi connectivity index (χ0v) is 22.3. The lowest BCUT2D eigenvalue weighted by Gasteiger charge is -2.28. The number of nitrogens with one attached hydrogen (secondary N) is 1. The highest BCUT2D eigenvalue weighted by Gasteiger charge is 2.29. The fraction of sp³-hybridized carbons (Fsp3) is 0.520. The Morgan fingerprint density at radius 2 is 1.76 bits per heavy atom. The van der Waals surface area contributed by atoms with E-state index in [1.165, 1.54) is 28.8 Å². The number of hydrogen-bond acceptors (Lipinski definition) is 6. The molecule has 2 aromatic rings. The van der Waals surface area contributed by atoms with E-state index in [9.17, 15) is 12.6 Å². The van der Waals surface area contributed by atoms with Gasteiger partial charge < -0.3 is 9.47 Å². The number of sulfonamides is 1. The number of rotatable bonds is 9. The van der Waals surface area contributed by atoms with Gasteiger partial charge in [-0.2, -0.15) is 0 Å². The molecule has 0 bridgehead atoms. The Kier molecular flexibility index (Phi) is 8.31. The van der Waals surface area contributed by atoms with Gasteiger partial charge in [0.25, 0.3) is 10.0 Å². The molecule has 1 heterocycles. The lowest BCUT2D eigenvalue weighted by Crippen LogP contribution is -2.35. The maximum absolute atomic E-state index is 13.8. The molecule has 1 aliphatic heterocycles. The maximum Gasteiger partial charge on any atom is 0.264 e. The molecule has 1 saturated heterocycles. The molecule has 0 aromatic heterocycles. The lowest BCUT2D eigenvalue weighted by atomic mass is 10.0. The number of hydrogen-bond donors (Lipinski definition) is 1. The summed E-state index contributed by atoms with van der Waals surface area (Å²) in [4.78, 5) is 0.106. The van der Waals surface area contributed by atoms with Crippen molar-refractivity contribution >= 4 is 25.4 Å². The van der Waals surface area contributed by atoms with Crippen molar-refractivity contribution in [2.75, 3.05) is 36.9 Å². The molecule has 1 unspecified atom stereocenters. The van der Waals surface area contributed by atoms with Crippen LogP contribution in [0.5, 0.6) is 5.75 Å². The largest absolute Gasteiger partial charge is 0.492 e. The maximum atomic E-state index is 13.8. The molecule has 7 nitrogen and oxygen atoms in total. The van der Waals surface area contributed by atoms with E-state index in [1.807, 2.05) is 45.9 Å². The van der Waals surface area contributed by atoms with Crippen molar-refractivity contribution in [3.8, 4) is 5.75 Å². The Bertz CT molecular complexity index is 1220.